The second-order valence-electron chi connectivity index (χ2n) is 6.69. The molecule has 0 bridgehead atoms. The predicted molar refractivity (Wildman–Crippen MR) is 99.7 cm³/mol. The second kappa shape index (κ2) is 6.25. The van der Waals surface area contributed by atoms with Crippen LogP contribution in [0.1, 0.15) is 34.1 Å². The highest BCUT2D eigenvalue weighted by Gasteiger charge is 2.27. The minimum Gasteiger partial charge on any atom is -0.506 e. The molecule has 2 aromatic heterocycles. The quantitative estimate of drug-likeness (QED) is 0.640. The lowest BCUT2D eigenvalue weighted by Crippen LogP contribution is -2.23. The molecule has 1 atom stereocenters. The van der Waals surface area contributed by atoms with Crippen LogP contribution in [0, 0.1) is 11.7 Å². The molecule has 0 unspecified atom stereocenters. The number of hydrogen-bond acceptors (Lipinski definition) is 4. The van der Waals surface area contributed by atoms with Crippen molar-refractivity contribution in [1.82, 2.24) is 4.98 Å². The number of halogens is 1. The van der Waals surface area contributed by atoms with Crippen LogP contribution in [0.3, 0.4) is 0 Å². The summed E-state index contributed by atoms with van der Waals surface area (Å²) in [4.78, 5) is 29.4. The van der Waals surface area contributed by atoms with Gasteiger partial charge in [-0.15, -0.1) is 11.3 Å². The minimum absolute atomic E-state index is 0.282. The molecule has 7 heteroatoms. The summed E-state index contributed by atoms with van der Waals surface area (Å²) in [5, 5.41) is 13.8. The van der Waals surface area contributed by atoms with Crippen molar-refractivity contribution in [2.45, 2.75) is 26.2 Å². The molecule has 0 saturated carbocycles. The summed E-state index contributed by atoms with van der Waals surface area (Å²) >= 11 is 1.47. The molecule has 1 aliphatic rings. The molecule has 1 amide bonds. The number of amides is 1. The van der Waals surface area contributed by atoms with Gasteiger partial charge in [-0.25, -0.2) is 4.39 Å². The second-order valence-corrected chi connectivity index (χ2v) is 7.80. The van der Waals surface area contributed by atoms with E-state index >= 15 is 0 Å². The van der Waals surface area contributed by atoms with Crippen LogP contribution in [0.25, 0.3) is 10.2 Å². The van der Waals surface area contributed by atoms with Crippen LogP contribution >= 0.6 is 11.3 Å². The molecule has 3 aromatic rings. The number of aromatic amines is 1. The SMILES string of the molecule is C[C@H]1CCc2c(sc3[nH]c(=O)c(C(=O)Nc4ccc(F)cc4)c(O)c23)C1. The Kier molecular flexibility index (Phi) is 4.03. The highest BCUT2D eigenvalue weighted by atomic mass is 32.1. The zero-order chi connectivity index (χ0) is 18.4. The molecule has 0 radical (unpaired) electrons. The number of rotatable bonds is 2. The lowest BCUT2D eigenvalue weighted by molar-refractivity contribution is 0.102. The molecule has 4 rings (SSSR count). The molecular formula is C19H17FN2O3S. The molecule has 134 valence electrons. The smallest absolute Gasteiger partial charge is 0.265 e. The average molecular weight is 372 g/mol. The number of aromatic nitrogens is 1. The Bertz CT molecular complexity index is 1070. The van der Waals surface area contributed by atoms with Gasteiger partial charge in [0.2, 0.25) is 0 Å². The average Bonchev–Trinajstić information content (AvgIpc) is 2.94. The summed E-state index contributed by atoms with van der Waals surface area (Å²) in [6.07, 6.45) is 2.73. The summed E-state index contributed by atoms with van der Waals surface area (Å²) in [6.45, 7) is 2.18. The maximum atomic E-state index is 13.0. The van der Waals surface area contributed by atoms with Gasteiger partial charge in [-0.3, -0.25) is 9.59 Å². The summed E-state index contributed by atoms with van der Waals surface area (Å²) in [6, 6.07) is 5.20. The van der Waals surface area contributed by atoms with E-state index < -0.39 is 17.3 Å². The van der Waals surface area contributed by atoms with Crippen LogP contribution in [-0.4, -0.2) is 16.0 Å². The maximum Gasteiger partial charge on any atom is 0.265 e. The predicted octanol–water partition coefficient (Wildman–Crippen LogP) is 3.81. The van der Waals surface area contributed by atoms with Crippen LogP contribution in [0.15, 0.2) is 29.1 Å². The number of benzene rings is 1. The normalized spacial score (nSPS) is 16.5. The Balaban J connectivity index is 1.78. The summed E-state index contributed by atoms with van der Waals surface area (Å²) < 4.78 is 13.0. The monoisotopic (exact) mass is 372 g/mol. The lowest BCUT2D eigenvalue weighted by atomic mass is 9.89. The molecule has 3 N–H and O–H groups in total. The topological polar surface area (TPSA) is 82.2 Å². The highest BCUT2D eigenvalue weighted by molar-refractivity contribution is 7.18. The van der Waals surface area contributed by atoms with Crippen molar-refractivity contribution in [1.29, 1.82) is 0 Å². The van der Waals surface area contributed by atoms with Crippen LogP contribution in [0.4, 0.5) is 10.1 Å². The standard InChI is InChI=1S/C19H17FN2O3S/c1-9-2-7-12-13(8-9)26-19-14(12)16(23)15(18(25)22-19)17(24)21-11-5-3-10(20)4-6-11/h3-6,9H,2,7-8H2,1H3,(H,21,24)(H2,22,23,25)/t9-/m0/s1. The van der Waals surface area contributed by atoms with E-state index in [-0.39, 0.29) is 11.3 Å². The molecule has 1 aliphatic carbocycles. The lowest BCUT2D eigenvalue weighted by Gasteiger charge is -2.18. The first kappa shape index (κ1) is 16.8. The van der Waals surface area contributed by atoms with E-state index in [1.807, 2.05) is 0 Å². The molecule has 5 nitrogen and oxygen atoms in total. The van der Waals surface area contributed by atoms with Crippen molar-refractivity contribution in [3.05, 3.63) is 56.4 Å². The third-order valence-electron chi connectivity index (χ3n) is 4.77. The van der Waals surface area contributed by atoms with Crippen molar-refractivity contribution in [3.8, 4) is 5.75 Å². The fourth-order valence-electron chi connectivity index (χ4n) is 3.42. The minimum atomic E-state index is -0.721. The number of H-pyrrole nitrogens is 1. The van der Waals surface area contributed by atoms with Crippen LogP contribution in [0.2, 0.25) is 0 Å². The maximum absolute atomic E-state index is 13.0. The van der Waals surface area contributed by atoms with Gasteiger partial charge in [0.25, 0.3) is 11.5 Å². The number of hydrogen-bond donors (Lipinski definition) is 3. The Hall–Kier alpha value is -2.67. The van der Waals surface area contributed by atoms with Crippen molar-refractivity contribution in [2.75, 3.05) is 5.32 Å². The summed E-state index contributed by atoms with van der Waals surface area (Å²) in [5.74, 6) is -0.869. The number of thiophene rings is 1. The number of fused-ring (bicyclic) bond motifs is 3. The van der Waals surface area contributed by atoms with Crippen molar-refractivity contribution >= 4 is 33.1 Å². The molecule has 0 fully saturated rings. The molecule has 2 heterocycles. The van der Waals surface area contributed by atoms with Crippen molar-refractivity contribution in [2.24, 2.45) is 5.92 Å². The zero-order valence-corrected chi connectivity index (χ0v) is 14.9. The summed E-state index contributed by atoms with van der Waals surface area (Å²) in [7, 11) is 0. The largest absolute Gasteiger partial charge is 0.506 e. The number of aromatic hydroxyl groups is 1. The number of carbonyl (C=O) groups is 1. The van der Waals surface area contributed by atoms with Gasteiger partial charge in [-0.05, 0) is 55.0 Å². The number of pyridine rings is 1. The first-order valence-corrected chi connectivity index (χ1v) is 9.22. The van der Waals surface area contributed by atoms with E-state index in [2.05, 4.69) is 17.2 Å². The molecule has 26 heavy (non-hydrogen) atoms. The van der Waals surface area contributed by atoms with Crippen molar-refractivity contribution in [3.63, 3.8) is 0 Å². The molecule has 0 saturated heterocycles. The zero-order valence-electron chi connectivity index (χ0n) is 14.1. The van der Waals surface area contributed by atoms with Gasteiger partial charge in [0.15, 0.2) is 0 Å². The van der Waals surface area contributed by atoms with Gasteiger partial charge in [0.05, 0.1) is 5.39 Å². The van der Waals surface area contributed by atoms with Gasteiger partial charge in [-0.1, -0.05) is 6.92 Å². The van der Waals surface area contributed by atoms with Gasteiger partial charge < -0.3 is 15.4 Å². The van der Waals surface area contributed by atoms with Gasteiger partial charge >= 0.3 is 0 Å². The van der Waals surface area contributed by atoms with Crippen LogP contribution < -0.4 is 10.9 Å². The first-order valence-electron chi connectivity index (χ1n) is 8.40. The summed E-state index contributed by atoms with van der Waals surface area (Å²) in [5.41, 5.74) is 0.409. The fraction of sp³-hybridized carbons (Fsp3) is 0.263. The fourth-order valence-corrected chi connectivity index (χ4v) is 4.83. The van der Waals surface area contributed by atoms with Gasteiger partial charge in [0.1, 0.15) is 22.0 Å². The van der Waals surface area contributed by atoms with Crippen LogP contribution in [0.5, 0.6) is 5.75 Å². The Morgan fingerprint density at radius 1 is 1.35 bits per heavy atom. The Labute approximate surface area is 152 Å². The van der Waals surface area contributed by atoms with Gasteiger partial charge in [0, 0.05) is 10.6 Å². The number of carbonyl (C=O) groups excluding carboxylic acids is 1. The molecule has 0 aliphatic heterocycles. The Morgan fingerprint density at radius 3 is 2.81 bits per heavy atom. The van der Waals surface area contributed by atoms with E-state index in [0.717, 1.165) is 29.7 Å². The molecule has 1 aromatic carbocycles. The van der Waals surface area contributed by atoms with Crippen molar-refractivity contribution < 1.29 is 14.3 Å². The van der Waals surface area contributed by atoms with E-state index in [9.17, 15) is 19.1 Å². The van der Waals surface area contributed by atoms with E-state index in [1.54, 1.807) is 0 Å². The van der Waals surface area contributed by atoms with E-state index in [1.165, 1.54) is 35.6 Å². The number of aryl methyl sites for hydroxylation is 1. The third-order valence-corrected chi connectivity index (χ3v) is 5.94. The first-order chi connectivity index (χ1) is 12.4. The molecule has 0 spiro atoms. The number of nitrogens with one attached hydrogen (secondary N) is 2. The highest BCUT2D eigenvalue weighted by Crippen LogP contribution is 2.41. The van der Waals surface area contributed by atoms with E-state index in [4.69, 9.17) is 0 Å². The molecular weight excluding hydrogens is 355 g/mol. The van der Waals surface area contributed by atoms with Crippen LogP contribution in [-0.2, 0) is 12.8 Å². The number of anilines is 1. The Morgan fingerprint density at radius 2 is 2.08 bits per heavy atom. The third kappa shape index (κ3) is 2.78. The van der Waals surface area contributed by atoms with Gasteiger partial charge in [-0.2, -0.15) is 0 Å². The van der Waals surface area contributed by atoms with E-state index in [0.29, 0.717) is 21.8 Å².